The van der Waals surface area contributed by atoms with Gasteiger partial charge >= 0.3 is 5.97 Å². The molecule has 5 nitrogen and oxygen atoms in total. The fourth-order valence-corrected chi connectivity index (χ4v) is 2.47. The molecule has 0 saturated carbocycles. The number of aromatic nitrogens is 2. The maximum absolute atomic E-state index is 11.6. The first-order valence-electron chi connectivity index (χ1n) is 4.68. The number of hydrogen-bond donors (Lipinski definition) is 1. The molecule has 2 heterocycles. The van der Waals surface area contributed by atoms with Crippen LogP contribution in [0.5, 0.6) is 0 Å². The molecule has 7 heteroatoms. The van der Waals surface area contributed by atoms with Crippen molar-refractivity contribution in [2.24, 2.45) is 0 Å². The van der Waals surface area contributed by atoms with Crippen LogP contribution in [0.1, 0.15) is 5.69 Å². The molecule has 0 aliphatic carbocycles. The van der Waals surface area contributed by atoms with E-state index in [1.165, 1.54) is 13.3 Å². The lowest BCUT2D eigenvalue weighted by molar-refractivity contribution is -0.139. The molecule has 90 valence electrons. The number of nitrogens with one attached hydrogen (secondary N) is 1. The largest absolute Gasteiger partial charge is 0.469 e. The summed E-state index contributed by atoms with van der Waals surface area (Å²) in [6.07, 6.45) is 1.59. The monoisotopic (exact) mass is 362 g/mol. The molecular weight excluding hydrogens is 356 g/mol. The number of ether oxygens (including phenoxy) is 1. The molecule has 2 aromatic rings. The minimum atomic E-state index is -0.366. The lowest BCUT2D eigenvalue weighted by Crippen LogP contribution is -2.15. The van der Waals surface area contributed by atoms with Gasteiger partial charge in [-0.05, 0) is 37.9 Å². The number of carbonyl (C=O) groups is 1. The van der Waals surface area contributed by atoms with Gasteiger partial charge in [0.1, 0.15) is 10.1 Å². The predicted molar refractivity (Wildman–Crippen MR) is 69.1 cm³/mol. The number of carbonyl (C=O) groups excluding carboxylic acids is 1. The molecular formula is C10H8Br2N2O3. The zero-order chi connectivity index (χ0) is 12.6. The minimum Gasteiger partial charge on any atom is -0.469 e. The van der Waals surface area contributed by atoms with Crippen molar-refractivity contribution < 1.29 is 9.53 Å². The van der Waals surface area contributed by atoms with Crippen LogP contribution < -0.4 is 5.56 Å². The summed E-state index contributed by atoms with van der Waals surface area (Å²) in [7, 11) is 1.33. The number of nitrogens with zero attached hydrogens (tertiary/aromatic N) is 1. The van der Waals surface area contributed by atoms with E-state index in [0.717, 1.165) is 4.47 Å². The summed E-state index contributed by atoms with van der Waals surface area (Å²) in [6, 6.07) is 1.68. The molecule has 0 aliphatic rings. The van der Waals surface area contributed by atoms with Crippen LogP contribution >= 0.6 is 31.9 Å². The van der Waals surface area contributed by atoms with Gasteiger partial charge in [0.15, 0.2) is 0 Å². The van der Waals surface area contributed by atoms with Gasteiger partial charge in [0.05, 0.1) is 23.7 Å². The number of aromatic amines is 1. The quantitative estimate of drug-likeness (QED) is 0.828. The normalized spacial score (nSPS) is 10.8. The molecule has 0 amide bonds. The van der Waals surface area contributed by atoms with Crippen molar-refractivity contribution >= 4 is 43.3 Å². The topological polar surface area (TPSA) is 63.6 Å². The van der Waals surface area contributed by atoms with Crippen LogP contribution in [0.25, 0.3) is 5.52 Å². The predicted octanol–water partition coefficient (Wildman–Crippen LogP) is 1.87. The van der Waals surface area contributed by atoms with Crippen LogP contribution in [0.3, 0.4) is 0 Å². The van der Waals surface area contributed by atoms with Crippen molar-refractivity contribution in [1.82, 2.24) is 9.38 Å². The van der Waals surface area contributed by atoms with Crippen molar-refractivity contribution in [3.05, 3.63) is 37.4 Å². The van der Waals surface area contributed by atoms with Gasteiger partial charge in [0.2, 0.25) is 0 Å². The lowest BCUT2D eigenvalue weighted by atomic mass is 10.3. The zero-order valence-electron chi connectivity index (χ0n) is 8.79. The highest BCUT2D eigenvalue weighted by Gasteiger charge is 2.14. The van der Waals surface area contributed by atoms with Gasteiger partial charge in [-0.25, -0.2) is 0 Å². The van der Waals surface area contributed by atoms with E-state index in [-0.39, 0.29) is 17.9 Å². The molecule has 0 atom stereocenters. The Balaban J connectivity index is 2.68. The molecule has 0 aromatic carbocycles. The Kier molecular flexibility index (Phi) is 3.39. The zero-order valence-corrected chi connectivity index (χ0v) is 12.0. The molecule has 0 unspecified atom stereocenters. The Hall–Kier alpha value is -1.08. The van der Waals surface area contributed by atoms with Gasteiger partial charge in [-0.15, -0.1) is 0 Å². The Labute approximate surface area is 113 Å². The second kappa shape index (κ2) is 4.66. The van der Waals surface area contributed by atoms with E-state index in [2.05, 4.69) is 41.6 Å². The lowest BCUT2D eigenvalue weighted by Gasteiger charge is -2.05. The molecule has 1 N–H and O–H groups in total. The number of rotatable bonds is 2. The number of fused-ring (bicyclic) bond motifs is 1. The average molecular weight is 364 g/mol. The van der Waals surface area contributed by atoms with Crippen molar-refractivity contribution in [1.29, 1.82) is 0 Å². The first-order chi connectivity index (χ1) is 8.04. The fourth-order valence-electron chi connectivity index (χ4n) is 1.54. The molecule has 0 fully saturated rings. The summed E-state index contributed by atoms with van der Waals surface area (Å²) in [4.78, 5) is 25.5. The van der Waals surface area contributed by atoms with Crippen molar-refractivity contribution in [3.8, 4) is 0 Å². The third-order valence-electron chi connectivity index (χ3n) is 2.34. The van der Waals surface area contributed by atoms with Gasteiger partial charge in [-0.3, -0.25) is 9.59 Å². The van der Waals surface area contributed by atoms with Gasteiger partial charge < -0.3 is 14.1 Å². The Morgan fingerprint density at radius 1 is 1.53 bits per heavy atom. The number of methoxy groups -OCH3 is 1. The standard InChI is InChI=1S/C10H8Br2N2O3/c1-17-8(15)2-5-4-13-10(16)7-3-6(11)9(12)14(5)7/h3-4H,2H2,1H3,(H,13,16). The number of esters is 1. The first kappa shape index (κ1) is 12.4. The van der Waals surface area contributed by atoms with Crippen LogP contribution in [0.2, 0.25) is 0 Å². The Bertz CT molecular complexity index is 645. The molecule has 0 saturated heterocycles. The number of hydrogen-bond acceptors (Lipinski definition) is 3. The van der Waals surface area contributed by atoms with Gasteiger partial charge in [0.25, 0.3) is 5.56 Å². The van der Waals surface area contributed by atoms with Crippen LogP contribution in [0.15, 0.2) is 26.1 Å². The highest BCUT2D eigenvalue weighted by molar-refractivity contribution is 9.13. The molecule has 0 bridgehead atoms. The van der Waals surface area contributed by atoms with Crippen molar-refractivity contribution in [2.45, 2.75) is 6.42 Å². The molecule has 2 rings (SSSR count). The van der Waals surface area contributed by atoms with E-state index in [1.807, 2.05) is 0 Å². The number of halogens is 2. The van der Waals surface area contributed by atoms with E-state index >= 15 is 0 Å². The van der Waals surface area contributed by atoms with Crippen LogP contribution in [-0.4, -0.2) is 22.5 Å². The summed E-state index contributed by atoms with van der Waals surface area (Å²) >= 11 is 6.68. The summed E-state index contributed by atoms with van der Waals surface area (Å²) < 4.78 is 7.72. The van der Waals surface area contributed by atoms with Crippen molar-refractivity contribution in [3.63, 3.8) is 0 Å². The summed E-state index contributed by atoms with van der Waals surface area (Å²) in [5.74, 6) is -0.366. The van der Waals surface area contributed by atoms with Gasteiger partial charge in [-0.2, -0.15) is 0 Å². The highest BCUT2D eigenvalue weighted by Crippen LogP contribution is 2.26. The molecule has 0 aliphatic heterocycles. The minimum absolute atomic E-state index is 0.0868. The maximum Gasteiger partial charge on any atom is 0.311 e. The summed E-state index contributed by atoms with van der Waals surface area (Å²) in [5, 5.41) is 0. The second-order valence-electron chi connectivity index (χ2n) is 3.37. The maximum atomic E-state index is 11.6. The third kappa shape index (κ3) is 2.16. The van der Waals surface area contributed by atoms with E-state index in [9.17, 15) is 9.59 Å². The molecule has 2 aromatic heterocycles. The average Bonchev–Trinajstić information content (AvgIpc) is 2.61. The van der Waals surface area contributed by atoms with Gasteiger partial charge in [-0.1, -0.05) is 0 Å². The molecule has 0 spiro atoms. The Morgan fingerprint density at radius 3 is 2.88 bits per heavy atom. The first-order valence-corrected chi connectivity index (χ1v) is 6.27. The highest BCUT2D eigenvalue weighted by atomic mass is 79.9. The van der Waals surface area contributed by atoms with Crippen LogP contribution in [0.4, 0.5) is 0 Å². The van der Waals surface area contributed by atoms with E-state index in [0.29, 0.717) is 15.8 Å². The van der Waals surface area contributed by atoms with Crippen LogP contribution in [-0.2, 0) is 16.0 Å². The smallest absolute Gasteiger partial charge is 0.311 e. The van der Waals surface area contributed by atoms with Gasteiger partial charge in [0, 0.05) is 6.20 Å². The summed E-state index contributed by atoms with van der Waals surface area (Å²) in [5.41, 5.74) is 0.888. The van der Waals surface area contributed by atoms with E-state index < -0.39 is 0 Å². The molecule has 17 heavy (non-hydrogen) atoms. The van der Waals surface area contributed by atoms with Crippen molar-refractivity contribution in [2.75, 3.05) is 7.11 Å². The fraction of sp³-hybridized carbons (Fsp3) is 0.200. The van der Waals surface area contributed by atoms with E-state index in [4.69, 9.17) is 0 Å². The third-order valence-corrected chi connectivity index (χ3v) is 4.26. The molecule has 0 radical (unpaired) electrons. The van der Waals surface area contributed by atoms with E-state index in [1.54, 1.807) is 10.5 Å². The Morgan fingerprint density at radius 2 is 2.24 bits per heavy atom. The van der Waals surface area contributed by atoms with Crippen LogP contribution in [0, 0.1) is 0 Å². The second-order valence-corrected chi connectivity index (χ2v) is 4.97. The number of H-pyrrole nitrogens is 1. The summed E-state index contributed by atoms with van der Waals surface area (Å²) in [6.45, 7) is 0. The SMILES string of the molecule is COC(=O)Cc1c[nH]c(=O)c2cc(Br)c(Br)n12.